The van der Waals surface area contributed by atoms with Crippen LogP contribution in [0.25, 0.3) is 10.2 Å². The van der Waals surface area contributed by atoms with Gasteiger partial charge in [0.25, 0.3) is 5.56 Å². The van der Waals surface area contributed by atoms with Gasteiger partial charge in [-0.15, -0.1) is 11.3 Å². The van der Waals surface area contributed by atoms with Crippen LogP contribution in [0.15, 0.2) is 27.8 Å². The highest BCUT2D eigenvalue weighted by Crippen LogP contribution is 2.33. The Bertz CT molecular complexity index is 1650. The van der Waals surface area contributed by atoms with Crippen molar-refractivity contribution < 1.29 is 28.2 Å². The van der Waals surface area contributed by atoms with Crippen LogP contribution >= 0.6 is 11.3 Å². The fourth-order valence-electron chi connectivity index (χ4n) is 4.54. The third kappa shape index (κ3) is 6.39. The van der Waals surface area contributed by atoms with Gasteiger partial charge in [0.05, 0.1) is 44.7 Å². The number of rotatable bonds is 12. The molecule has 11 nitrogen and oxygen atoms in total. The number of fused-ring (bicyclic) bond motifs is 1. The van der Waals surface area contributed by atoms with E-state index in [9.17, 15) is 23.6 Å². The molecule has 2 aromatic heterocycles. The number of methoxy groups -OCH3 is 1. The van der Waals surface area contributed by atoms with Crippen molar-refractivity contribution in [3.63, 3.8) is 0 Å². The highest BCUT2D eigenvalue weighted by Gasteiger charge is 2.36. The van der Waals surface area contributed by atoms with Crippen LogP contribution in [0.3, 0.4) is 0 Å². The summed E-state index contributed by atoms with van der Waals surface area (Å²) in [7, 11) is 1.40. The van der Waals surface area contributed by atoms with Crippen LogP contribution in [0, 0.1) is 24.1 Å². The van der Waals surface area contributed by atoms with E-state index in [1.165, 1.54) is 43.7 Å². The third-order valence-electron chi connectivity index (χ3n) is 6.63. The third-order valence-corrected chi connectivity index (χ3v) is 7.92. The molecule has 0 saturated heterocycles. The first-order valence-corrected chi connectivity index (χ1v) is 14.2. The van der Waals surface area contributed by atoms with Crippen molar-refractivity contribution in [2.24, 2.45) is 0 Å². The Hall–Kier alpha value is -4.02. The maximum atomic E-state index is 14.4. The minimum absolute atomic E-state index is 0.0193. The Morgan fingerprint density at radius 1 is 1.24 bits per heavy atom. The van der Waals surface area contributed by atoms with Crippen LogP contribution in [-0.2, 0) is 26.4 Å². The second-order valence-electron chi connectivity index (χ2n) is 10.3. The molecule has 1 aromatic carbocycles. The van der Waals surface area contributed by atoms with E-state index in [1.54, 1.807) is 27.7 Å². The molecular weight excluding hydrogens is 567 g/mol. The lowest BCUT2D eigenvalue weighted by Crippen LogP contribution is -2.56. The largest absolute Gasteiger partial charge is 0.496 e. The summed E-state index contributed by atoms with van der Waals surface area (Å²) in [5.74, 6) is -1.52. The van der Waals surface area contributed by atoms with Crippen molar-refractivity contribution in [2.75, 3.05) is 20.3 Å². The molecule has 1 amide bonds. The normalized spacial score (nSPS) is 12.3. The van der Waals surface area contributed by atoms with Crippen molar-refractivity contribution in [2.45, 2.75) is 72.2 Å². The average molecular weight is 603 g/mol. The molecule has 0 fully saturated rings. The lowest BCUT2D eigenvalue weighted by atomic mass is 10.0. The van der Waals surface area contributed by atoms with Gasteiger partial charge in [0.2, 0.25) is 5.91 Å². The number of hydrogen-bond acceptors (Lipinski definition) is 9. The SMILES string of the molecule is CCOC(=O)c1sc2c(c1C)c(=O)n(C(C)(C)C(=O)NC(C)C)c(=O)n2CC(OCCC#N)c1cc(F)ccc1OC. The summed E-state index contributed by atoms with van der Waals surface area (Å²) in [6.45, 7) is 9.43. The summed E-state index contributed by atoms with van der Waals surface area (Å²) in [6, 6.07) is 5.55. The molecule has 0 aliphatic rings. The summed E-state index contributed by atoms with van der Waals surface area (Å²) in [6.07, 6.45) is -0.997. The van der Waals surface area contributed by atoms with E-state index in [2.05, 4.69) is 5.32 Å². The molecule has 0 spiro atoms. The highest BCUT2D eigenvalue weighted by atomic mass is 32.1. The molecule has 1 N–H and O–H groups in total. The monoisotopic (exact) mass is 602 g/mol. The zero-order valence-corrected chi connectivity index (χ0v) is 25.5. The van der Waals surface area contributed by atoms with E-state index in [4.69, 9.17) is 19.5 Å². The maximum absolute atomic E-state index is 14.4. The number of hydrogen-bond donors (Lipinski definition) is 1. The minimum Gasteiger partial charge on any atom is -0.496 e. The van der Waals surface area contributed by atoms with Gasteiger partial charge < -0.3 is 19.5 Å². The number of nitriles is 1. The highest BCUT2D eigenvalue weighted by molar-refractivity contribution is 7.20. The molecule has 1 atom stereocenters. The van der Waals surface area contributed by atoms with E-state index in [0.29, 0.717) is 5.56 Å². The molecular formula is C29H35FN4O7S. The quantitative estimate of drug-likeness (QED) is 0.244. The van der Waals surface area contributed by atoms with Gasteiger partial charge in [-0.3, -0.25) is 14.2 Å². The molecule has 3 rings (SSSR count). The van der Waals surface area contributed by atoms with Gasteiger partial charge in [-0.05, 0) is 65.3 Å². The molecule has 226 valence electrons. The number of nitrogens with one attached hydrogen (secondary N) is 1. The zero-order chi connectivity index (χ0) is 31.4. The Labute approximate surface area is 246 Å². The predicted molar refractivity (Wildman–Crippen MR) is 156 cm³/mol. The van der Waals surface area contributed by atoms with Crippen LogP contribution in [0.4, 0.5) is 4.39 Å². The van der Waals surface area contributed by atoms with Gasteiger partial charge in [-0.1, -0.05) is 0 Å². The topological polar surface area (TPSA) is 142 Å². The molecule has 1 unspecified atom stereocenters. The second kappa shape index (κ2) is 13.3. The molecule has 0 saturated carbocycles. The summed E-state index contributed by atoms with van der Waals surface area (Å²) >= 11 is 0.905. The van der Waals surface area contributed by atoms with E-state index >= 15 is 0 Å². The summed E-state index contributed by atoms with van der Waals surface area (Å²) < 4.78 is 33.1. The van der Waals surface area contributed by atoms with E-state index in [0.717, 1.165) is 15.9 Å². The number of carbonyl (C=O) groups is 2. The van der Waals surface area contributed by atoms with Gasteiger partial charge in [0, 0.05) is 11.6 Å². The van der Waals surface area contributed by atoms with Crippen LogP contribution in [0.5, 0.6) is 5.75 Å². The van der Waals surface area contributed by atoms with E-state index < -0.39 is 40.6 Å². The summed E-state index contributed by atoms with van der Waals surface area (Å²) in [4.78, 5) is 54.5. The molecule has 0 radical (unpaired) electrons. The number of nitrogens with zero attached hydrogens (tertiary/aromatic N) is 3. The van der Waals surface area contributed by atoms with Gasteiger partial charge in [-0.2, -0.15) is 5.26 Å². The standard InChI is InChI=1S/C29H35FN4O7S/c1-8-40-26(36)23-17(4)22-24(35)34(29(5,6)27(37)32-16(2)3)28(38)33(25(22)42-23)15-21(41-13-9-12-31)19-14-18(30)10-11-20(19)39-7/h10-11,14,16,21H,8-9,13,15H2,1-7H3,(H,32,37). The Balaban J connectivity index is 2.39. The van der Waals surface area contributed by atoms with E-state index in [-0.39, 0.29) is 58.6 Å². The lowest BCUT2D eigenvalue weighted by molar-refractivity contribution is -0.129. The number of aryl methyl sites for hydroxylation is 1. The molecule has 0 bridgehead atoms. The van der Waals surface area contributed by atoms with Crippen molar-refractivity contribution in [1.29, 1.82) is 5.26 Å². The minimum atomic E-state index is -1.64. The number of amides is 1. The molecule has 3 aromatic rings. The van der Waals surface area contributed by atoms with Crippen molar-refractivity contribution in [3.8, 4) is 11.8 Å². The van der Waals surface area contributed by atoms with Crippen LogP contribution in [-0.4, -0.2) is 47.4 Å². The second-order valence-corrected chi connectivity index (χ2v) is 11.3. The maximum Gasteiger partial charge on any atom is 0.348 e. The lowest BCUT2D eigenvalue weighted by Gasteiger charge is -2.28. The van der Waals surface area contributed by atoms with Gasteiger partial charge in [-0.25, -0.2) is 18.5 Å². The predicted octanol–water partition coefficient (Wildman–Crippen LogP) is 3.79. The fraction of sp³-hybridized carbons (Fsp3) is 0.483. The molecule has 13 heteroatoms. The number of ether oxygens (including phenoxy) is 3. The summed E-state index contributed by atoms with van der Waals surface area (Å²) in [5, 5.41) is 11.9. The van der Waals surface area contributed by atoms with Crippen LogP contribution in [0.2, 0.25) is 0 Å². The molecule has 42 heavy (non-hydrogen) atoms. The van der Waals surface area contributed by atoms with Crippen molar-refractivity contribution in [1.82, 2.24) is 14.5 Å². The number of esters is 1. The number of halogens is 1. The summed E-state index contributed by atoms with van der Waals surface area (Å²) in [5.41, 5.74) is -2.65. The van der Waals surface area contributed by atoms with Gasteiger partial charge in [0.1, 0.15) is 32.9 Å². The van der Waals surface area contributed by atoms with Crippen molar-refractivity contribution >= 4 is 33.4 Å². The Morgan fingerprint density at radius 3 is 2.52 bits per heavy atom. The zero-order valence-electron chi connectivity index (χ0n) is 24.7. The number of benzene rings is 1. The first kappa shape index (κ1) is 32.5. The van der Waals surface area contributed by atoms with Gasteiger partial charge in [0.15, 0.2) is 0 Å². The smallest absolute Gasteiger partial charge is 0.348 e. The number of aromatic nitrogens is 2. The first-order chi connectivity index (χ1) is 19.8. The molecule has 0 aliphatic heterocycles. The Kier molecular flexibility index (Phi) is 10.3. The average Bonchev–Trinajstić information content (AvgIpc) is 3.27. The Morgan fingerprint density at radius 2 is 1.93 bits per heavy atom. The number of carbonyl (C=O) groups excluding carboxylic acids is 2. The van der Waals surface area contributed by atoms with E-state index in [1.807, 2.05) is 6.07 Å². The first-order valence-electron chi connectivity index (χ1n) is 13.4. The number of thiophene rings is 1. The van der Waals surface area contributed by atoms with Crippen molar-refractivity contribution in [3.05, 3.63) is 60.9 Å². The fourth-order valence-corrected chi connectivity index (χ4v) is 5.74. The van der Waals surface area contributed by atoms with Crippen LogP contribution in [0.1, 0.15) is 67.9 Å². The molecule has 2 heterocycles. The van der Waals surface area contributed by atoms with Crippen LogP contribution < -0.4 is 21.3 Å². The molecule has 0 aliphatic carbocycles. The van der Waals surface area contributed by atoms with Gasteiger partial charge >= 0.3 is 11.7 Å².